The minimum Gasteiger partial charge on any atom is -0.368 e. The second-order valence-electron chi connectivity index (χ2n) is 10.8. The molecule has 10 heteroatoms. The molecule has 2 aromatic heterocycles. The maximum Gasteiger partial charge on any atom is 0.248 e. The van der Waals surface area contributed by atoms with Crippen LogP contribution in [-0.2, 0) is 12.8 Å². The number of nitrogen functional groups attached to an aromatic ring is 1. The van der Waals surface area contributed by atoms with Gasteiger partial charge in [-0.2, -0.15) is 9.67 Å². The van der Waals surface area contributed by atoms with E-state index in [1.807, 2.05) is 24.3 Å². The van der Waals surface area contributed by atoms with Crippen molar-refractivity contribution in [3.8, 4) is 17.1 Å². The molecular formula is C29H32FN9. The molecule has 0 atom stereocenters. The van der Waals surface area contributed by atoms with Gasteiger partial charge in [0, 0.05) is 44.0 Å². The van der Waals surface area contributed by atoms with E-state index in [2.05, 4.69) is 53.6 Å². The highest BCUT2D eigenvalue weighted by atomic mass is 19.1. The van der Waals surface area contributed by atoms with Crippen LogP contribution < -0.4 is 16.0 Å². The van der Waals surface area contributed by atoms with Crippen molar-refractivity contribution in [1.29, 1.82) is 0 Å². The van der Waals surface area contributed by atoms with Crippen LogP contribution in [-0.4, -0.2) is 62.6 Å². The van der Waals surface area contributed by atoms with Crippen molar-refractivity contribution in [1.82, 2.24) is 29.9 Å². The summed E-state index contributed by atoms with van der Waals surface area (Å²) in [4.78, 5) is 8.97. The monoisotopic (exact) mass is 525 g/mol. The van der Waals surface area contributed by atoms with Gasteiger partial charge in [0.05, 0.1) is 11.4 Å². The summed E-state index contributed by atoms with van der Waals surface area (Å²) < 4.78 is 16.6. The van der Waals surface area contributed by atoms with Crippen LogP contribution in [0, 0.1) is 11.7 Å². The van der Waals surface area contributed by atoms with Crippen LogP contribution in [0.5, 0.6) is 0 Å². The number of anilines is 4. The second-order valence-corrected chi connectivity index (χ2v) is 10.8. The van der Waals surface area contributed by atoms with E-state index in [1.54, 1.807) is 0 Å². The van der Waals surface area contributed by atoms with E-state index in [9.17, 15) is 0 Å². The quantitative estimate of drug-likeness (QED) is 0.386. The number of halogens is 1. The Hall–Kier alpha value is -4.05. The summed E-state index contributed by atoms with van der Waals surface area (Å²) in [6.07, 6.45) is 5.66. The van der Waals surface area contributed by atoms with Crippen molar-refractivity contribution in [2.75, 3.05) is 48.7 Å². The van der Waals surface area contributed by atoms with Crippen molar-refractivity contribution >= 4 is 23.3 Å². The first-order chi connectivity index (χ1) is 19.1. The van der Waals surface area contributed by atoms with Gasteiger partial charge in [-0.05, 0) is 73.4 Å². The standard InChI is InChI=1S/C29H32FN9/c30-24-17-22(10-11-25(24)38-14-12-37(13-15-38)18-19-8-9-19)32-29-33-28(31)39(36-29)26-16-21-6-3-5-20-4-1-2-7-23(20)27(21)35-34-26/h1-2,4,7,10-11,16-17,19H,3,5-6,8-9,12-15,18H2,(H3,31,32,33,36). The first-order valence-electron chi connectivity index (χ1n) is 13.8. The minimum absolute atomic E-state index is 0.182. The van der Waals surface area contributed by atoms with E-state index in [4.69, 9.17) is 5.73 Å². The van der Waals surface area contributed by atoms with Crippen molar-refractivity contribution < 1.29 is 4.39 Å². The second kappa shape index (κ2) is 9.92. The zero-order valence-electron chi connectivity index (χ0n) is 21.9. The smallest absolute Gasteiger partial charge is 0.248 e. The number of nitrogens with two attached hydrogens (primary N) is 1. The third-order valence-electron chi connectivity index (χ3n) is 8.00. The SMILES string of the molecule is Nc1nc(Nc2ccc(N3CCN(CC4CC4)CC3)c(F)c2)nn1-c1cc2c(nn1)-c1ccccc1CCC2. The molecule has 4 aromatic rings. The molecule has 1 saturated carbocycles. The molecule has 2 aliphatic carbocycles. The summed E-state index contributed by atoms with van der Waals surface area (Å²) in [6.45, 7) is 4.83. The number of piperazine rings is 1. The van der Waals surface area contributed by atoms with Crippen LogP contribution in [0.2, 0.25) is 0 Å². The summed E-state index contributed by atoms with van der Waals surface area (Å²) in [5.41, 5.74) is 11.8. The van der Waals surface area contributed by atoms with Crippen LogP contribution in [0.4, 0.5) is 27.7 Å². The predicted octanol–water partition coefficient (Wildman–Crippen LogP) is 4.21. The fourth-order valence-electron chi connectivity index (χ4n) is 5.73. The van der Waals surface area contributed by atoms with Crippen molar-refractivity contribution in [3.63, 3.8) is 0 Å². The normalized spacial score (nSPS) is 17.4. The number of aromatic nitrogens is 5. The van der Waals surface area contributed by atoms with Gasteiger partial charge in [-0.1, -0.05) is 24.3 Å². The fraction of sp³-hybridized carbons (Fsp3) is 0.379. The number of nitrogens with one attached hydrogen (secondary N) is 1. The average Bonchev–Trinajstić information content (AvgIpc) is 3.72. The van der Waals surface area contributed by atoms with Crippen molar-refractivity contribution in [3.05, 3.63) is 65.5 Å². The van der Waals surface area contributed by atoms with Gasteiger partial charge >= 0.3 is 0 Å². The highest BCUT2D eigenvalue weighted by Crippen LogP contribution is 2.32. The third kappa shape index (κ3) is 4.92. The van der Waals surface area contributed by atoms with Crippen LogP contribution in [0.15, 0.2) is 48.5 Å². The van der Waals surface area contributed by atoms with Gasteiger partial charge in [0.1, 0.15) is 5.82 Å². The molecule has 0 bridgehead atoms. The molecule has 1 saturated heterocycles. The lowest BCUT2D eigenvalue weighted by atomic mass is 10.0. The zero-order chi connectivity index (χ0) is 26.3. The molecule has 0 radical (unpaired) electrons. The van der Waals surface area contributed by atoms with Gasteiger partial charge < -0.3 is 16.0 Å². The molecule has 1 aliphatic heterocycles. The van der Waals surface area contributed by atoms with Gasteiger partial charge in [0.25, 0.3) is 0 Å². The van der Waals surface area contributed by atoms with Gasteiger partial charge in [0.2, 0.25) is 11.9 Å². The highest BCUT2D eigenvalue weighted by Gasteiger charge is 2.27. The molecule has 3 heterocycles. The molecule has 0 amide bonds. The number of hydrogen-bond donors (Lipinski definition) is 2. The Morgan fingerprint density at radius 1 is 0.949 bits per heavy atom. The zero-order valence-corrected chi connectivity index (χ0v) is 21.9. The van der Waals surface area contributed by atoms with E-state index in [0.717, 1.165) is 68.2 Å². The van der Waals surface area contributed by atoms with Crippen LogP contribution in [0.1, 0.15) is 30.4 Å². The predicted molar refractivity (Wildman–Crippen MR) is 150 cm³/mol. The summed E-state index contributed by atoms with van der Waals surface area (Å²) in [5, 5.41) is 16.6. The molecule has 0 spiro atoms. The number of benzene rings is 2. The molecule has 39 heavy (non-hydrogen) atoms. The van der Waals surface area contributed by atoms with E-state index in [1.165, 1.54) is 35.7 Å². The molecular weight excluding hydrogens is 493 g/mol. The Morgan fingerprint density at radius 2 is 1.77 bits per heavy atom. The van der Waals surface area contributed by atoms with Crippen LogP contribution >= 0.6 is 0 Å². The number of rotatable bonds is 6. The fourth-order valence-corrected chi connectivity index (χ4v) is 5.73. The Morgan fingerprint density at radius 3 is 2.59 bits per heavy atom. The van der Waals surface area contributed by atoms with E-state index < -0.39 is 0 Å². The lowest BCUT2D eigenvalue weighted by Crippen LogP contribution is -2.47. The first-order valence-corrected chi connectivity index (χ1v) is 13.8. The largest absolute Gasteiger partial charge is 0.368 e. The number of fused-ring (bicyclic) bond motifs is 3. The van der Waals surface area contributed by atoms with Gasteiger partial charge in [-0.3, -0.25) is 4.90 Å². The van der Waals surface area contributed by atoms with Crippen LogP contribution in [0.25, 0.3) is 17.1 Å². The van der Waals surface area contributed by atoms with Crippen LogP contribution in [0.3, 0.4) is 0 Å². The number of nitrogens with zero attached hydrogens (tertiary/aromatic N) is 7. The minimum atomic E-state index is -0.264. The first kappa shape index (κ1) is 24.0. The molecule has 0 unspecified atom stereocenters. The maximum absolute atomic E-state index is 15.1. The summed E-state index contributed by atoms with van der Waals surface area (Å²) in [5.74, 6) is 1.58. The summed E-state index contributed by atoms with van der Waals surface area (Å²) in [7, 11) is 0. The Bertz CT molecular complexity index is 1500. The molecule has 3 N–H and O–H groups in total. The van der Waals surface area contributed by atoms with E-state index in [0.29, 0.717) is 17.2 Å². The maximum atomic E-state index is 15.1. The Balaban J connectivity index is 1.06. The third-order valence-corrected chi connectivity index (χ3v) is 8.00. The van der Waals surface area contributed by atoms with E-state index >= 15 is 4.39 Å². The molecule has 9 nitrogen and oxygen atoms in total. The topological polar surface area (TPSA) is 101 Å². The average molecular weight is 526 g/mol. The number of aryl methyl sites for hydroxylation is 2. The van der Waals surface area contributed by atoms with Gasteiger partial charge in [-0.25, -0.2) is 4.39 Å². The van der Waals surface area contributed by atoms with Crippen molar-refractivity contribution in [2.24, 2.45) is 5.92 Å². The molecule has 3 aliphatic rings. The van der Waals surface area contributed by atoms with Gasteiger partial charge in [-0.15, -0.1) is 15.3 Å². The molecule has 2 fully saturated rings. The Kier molecular flexibility index (Phi) is 6.11. The lowest BCUT2D eigenvalue weighted by Gasteiger charge is -2.36. The molecule has 200 valence electrons. The Labute approximate surface area is 226 Å². The lowest BCUT2D eigenvalue weighted by molar-refractivity contribution is 0.247. The molecule has 2 aromatic carbocycles. The van der Waals surface area contributed by atoms with Crippen molar-refractivity contribution in [2.45, 2.75) is 32.1 Å². The van der Waals surface area contributed by atoms with E-state index in [-0.39, 0.29) is 17.7 Å². The highest BCUT2D eigenvalue weighted by molar-refractivity contribution is 5.68. The van der Waals surface area contributed by atoms with Gasteiger partial charge in [0.15, 0.2) is 5.82 Å². The molecule has 7 rings (SSSR count). The number of hydrogen-bond acceptors (Lipinski definition) is 8. The summed E-state index contributed by atoms with van der Waals surface area (Å²) in [6, 6.07) is 15.5. The summed E-state index contributed by atoms with van der Waals surface area (Å²) >= 11 is 0.